The molecule has 3 rings (SSSR count). The molecule has 0 amide bonds. The zero-order valence-electron chi connectivity index (χ0n) is 10.6. The van der Waals surface area contributed by atoms with E-state index in [9.17, 15) is 0 Å². The molecule has 0 bridgehead atoms. The molecule has 4 nitrogen and oxygen atoms in total. The molecule has 1 aromatic carbocycles. The van der Waals surface area contributed by atoms with E-state index in [1.165, 1.54) is 4.70 Å². The average Bonchev–Trinajstić information content (AvgIpc) is 2.82. The highest BCUT2D eigenvalue weighted by molar-refractivity contribution is 7.22. The second kappa shape index (κ2) is 7.14. The zero-order chi connectivity index (χ0) is 11.7. The molecule has 2 heterocycles. The fourth-order valence-electron chi connectivity index (χ4n) is 2.01. The van der Waals surface area contributed by atoms with Gasteiger partial charge in [-0.05, 0) is 18.2 Å². The van der Waals surface area contributed by atoms with Crippen LogP contribution in [0.15, 0.2) is 18.2 Å². The number of hydrogen-bond acceptors (Lipinski definition) is 5. The van der Waals surface area contributed by atoms with Crippen molar-refractivity contribution in [3.8, 4) is 5.75 Å². The van der Waals surface area contributed by atoms with Gasteiger partial charge in [0.25, 0.3) is 0 Å². The summed E-state index contributed by atoms with van der Waals surface area (Å²) in [5, 5.41) is 4.47. The molecule has 1 saturated heterocycles. The number of hydrogen-bond donors (Lipinski definition) is 1. The molecule has 1 aliphatic heterocycles. The van der Waals surface area contributed by atoms with Crippen LogP contribution in [0.5, 0.6) is 5.75 Å². The Morgan fingerprint density at radius 1 is 1.26 bits per heavy atom. The van der Waals surface area contributed by atoms with Crippen molar-refractivity contribution in [3.63, 3.8) is 0 Å². The van der Waals surface area contributed by atoms with Gasteiger partial charge in [0.2, 0.25) is 0 Å². The second-order valence-electron chi connectivity index (χ2n) is 4.07. The van der Waals surface area contributed by atoms with Crippen molar-refractivity contribution in [2.75, 3.05) is 38.2 Å². The fourth-order valence-corrected chi connectivity index (χ4v) is 3.06. The van der Waals surface area contributed by atoms with Crippen LogP contribution in [0.1, 0.15) is 0 Å². The third-order valence-corrected chi connectivity index (χ3v) is 4.05. The number of anilines is 1. The Bertz CT molecular complexity index is 529. The Morgan fingerprint density at radius 3 is 2.68 bits per heavy atom. The van der Waals surface area contributed by atoms with Gasteiger partial charge >= 0.3 is 0 Å². The number of aromatic nitrogens is 1. The first-order valence-electron chi connectivity index (χ1n) is 5.77. The lowest BCUT2D eigenvalue weighted by molar-refractivity contribution is 0.415. The molecule has 19 heavy (non-hydrogen) atoms. The summed E-state index contributed by atoms with van der Waals surface area (Å²) < 4.78 is 6.42. The lowest BCUT2D eigenvalue weighted by Gasteiger charge is -2.26. The molecule has 0 atom stereocenters. The van der Waals surface area contributed by atoms with Crippen LogP contribution in [0.3, 0.4) is 0 Å². The minimum Gasteiger partial charge on any atom is -0.497 e. The third-order valence-electron chi connectivity index (χ3n) is 2.97. The van der Waals surface area contributed by atoms with Crippen molar-refractivity contribution in [2.45, 2.75) is 0 Å². The van der Waals surface area contributed by atoms with Crippen molar-refractivity contribution in [1.82, 2.24) is 10.3 Å². The molecule has 1 fully saturated rings. The molecule has 1 aromatic heterocycles. The highest BCUT2D eigenvalue weighted by Crippen LogP contribution is 2.31. The number of methoxy groups -OCH3 is 1. The van der Waals surface area contributed by atoms with Crippen LogP contribution in [-0.4, -0.2) is 38.3 Å². The van der Waals surface area contributed by atoms with Gasteiger partial charge in [-0.3, -0.25) is 0 Å². The normalized spacial score (nSPS) is 14.7. The Labute approximate surface area is 129 Å². The number of nitrogens with zero attached hydrogens (tertiary/aromatic N) is 2. The summed E-state index contributed by atoms with van der Waals surface area (Å²) in [6.07, 6.45) is 0. The van der Waals surface area contributed by atoms with E-state index in [4.69, 9.17) is 4.74 Å². The van der Waals surface area contributed by atoms with Crippen LogP contribution in [0.2, 0.25) is 0 Å². The number of fused-ring (bicyclic) bond motifs is 1. The van der Waals surface area contributed by atoms with Crippen LogP contribution in [-0.2, 0) is 0 Å². The van der Waals surface area contributed by atoms with E-state index >= 15 is 0 Å². The molecular formula is C12H17Cl2N3OS. The number of halogens is 2. The summed E-state index contributed by atoms with van der Waals surface area (Å²) in [4.78, 5) is 7.01. The van der Waals surface area contributed by atoms with Crippen LogP contribution < -0.4 is 15.0 Å². The molecule has 0 saturated carbocycles. The number of rotatable bonds is 2. The summed E-state index contributed by atoms with van der Waals surface area (Å²) in [5.41, 5.74) is 1.06. The van der Waals surface area contributed by atoms with Gasteiger partial charge in [-0.1, -0.05) is 11.3 Å². The third kappa shape index (κ3) is 3.42. The lowest BCUT2D eigenvalue weighted by Crippen LogP contribution is -2.43. The van der Waals surface area contributed by atoms with Gasteiger partial charge in [-0.2, -0.15) is 0 Å². The first kappa shape index (κ1) is 16.3. The number of nitrogens with one attached hydrogen (secondary N) is 1. The largest absolute Gasteiger partial charge is 0.497 e. The fraction of sp³-hybridized carbons (Fsp3) is 0.417. The van der Waals surface area contributed by atoms with Gasteiger partial charge in [-0.15, -0.1) is 24.8 Å². The monoisotopic (exact) mass is 321 g/mol. The predicted molar refractivity (Wildman–Crippen MR) is 85.8 cm³/mol. The Balaban J connectivity index is 0.000000902. The van der Waals surface area contributed by atoms with Crippen molar-refractivity contribution in [3.05, 3.63) is 18.2 Å². The highest BCUT2D eigenvalue weighted by atomic mass is 35.5. The Kier molecular flexibility index (Phi) is 6.13. The van der Waals surface area contributed by atoms with Crippen LogP contribution in [0.4, 0.5) is 5.13 Å². The molecule has 1 aliphatic rings. The summed E-state index contributed by atoms with van der Waals surface area (Å²) >= 11 is 1.74. The van der Waals surface area contributed by atoms with Gasteiger partial charge in [-0.25, -0.2) is 4.98 Å². The quantitative estimate of drug-likeness (QED) is 0.922. The molecule has 0 aliphatic carbocycles. The minimum atomic E-state index is 0. The molecule has 0 unspecified atom stereocenters. The van der Waals surface area contributed by atoms with Gasteiger partial charge in [0.1, 0.15) is 5.75 Å². The molecule has 0 spiro atoms. The van der Waals surface area contributed by atoms with Crippen LogP contribution in [0.25, 0.3) is 10.2 Å². The van der Waals surface area contributed by atoms with Crippen molar-refractivity contribution in [2.24, 2.45) is 0 Å². The summed E-state index contributed by atoms with van der Waals surface area (Å²) in [6, 6.07) is 6.04. The van der Waals surface area contributed by atoms with Crippen molar-refractivity contribution in [1.29, 1.82) is 0 Å². The summed E-state index contributed by atoms with van der Waals surface area (Å²) in [5.74, 6) is 0.896. The maximum absolute atomic E-state index is 5.23. The Hall–Kier alpha value is -0.750. The molecule has 1 N–H and O–H groups in total. The first-order valence-corrected chi connectivity index (χ1v) is 6.59. The predicted octanol–water partition coefficient (Wildman–Crippen LogP) is 2.56. The lowest BCUT2D eigenvalue weighted by atomic mass is 10.3. The molecule has 0 radical (unpaired) electrons. The van der Waals surface area contributed by atoms with E-state index in [1.807, 2.05) is 12.1 Å². The number of benzene rings is 1. The number of thiazole rings is 1. The van der Waals surface area contributed by atoms with E-state index in [2.05, 4.69) is 21.3 Å². The first-order chi connectivity index (χ1) is 8.36. The smallest absolute Gasteiger partial charge is 0.186 e. The van der Waals surface area contributed by atoms with E-state index in [0.717, 1.165) is 42.6 Å². The molecular weight excluding hydrogens is 305 g/mol. The van der Waals surface area contributed by atoms with E-state index in [-0.39, 0.29) is 24.8 Å². The van der Waals surface area contributed by atoms with Crippen molar-refractivity contribution < 1.29 is 4.74 Å². The standard InChI is InChI=1S/C12H15N3OS.2ClH/c1-16-9-2-3-10-11(8-9)17-12(14-10)15-6-4-13-5-7-15;;/h2-3,8,13H,4-7H2,1H3;2*1H. The van der Waals surface area contributed by atoms with Gasteiger partial charge in [0.15, 0.2) is 5.13 Å². The van der Waals surface area contributed by atoms with Gasteiger partial charge in [0, 0.05) is 26.2 Å². The van der Waals surface area contributed by atoms with Crippen LogP contribution in [0, 0.1) is 0 Å². The maximum atomic E-state index is 5.23. The topological polar surface area (TPSA) is 37.4 Å². The van der Waals surface area contributed by atoms with E-state index in [0.29, 0.717) is 0 Å². The second-order valence-corrected chi connectivity index (χ2v) is 5.08. The minimum absolute atomic E-state index is 0. The van der Waals surface area contributed by atoms with Crippen LogP contribution >= 0.6 is 36.2 Å². The zero-order valence-corrected chi connectivity index (χ0v) is 13.0. The average molecular weight is 322 g/mol. The summed E-state index contributed by atoms with van der Waals surface area (Å²) in [7, 11) is 1.69. The van der Waals surface area contributed by atoms with Gasteiger partial charge in [0.05, 0.1) is 17.3 Å². The molecule has 2 aromatic rings. The highest BCUT2D eigenvalue weighted by Gasteiger charge is 2.14. The summed E-state index contributed by atoms with van der Waals surface area (Å²) in [6.45, 7) is 4.16. The van der Waals surface area contributed by atoms with Gasteiger partial charge < -0.3 is 15.0 Å². The number of piperazine rings is 1. The Morgan fingerprint density at radius 2 is 2.00 bits per heavy atom. The SMILES string of the molecule is COc1ccc2nc(N3CCNCC3)sc2c1.Cl.Cl. The molecule has 7 heteroatoms. The number of ether oxygens (including phenoxy) is 1. The van der Waals surface area contributed by atoms with E-state index in [1.54, 1.807) is 18.4 Å². The molecule has 106 valence electrons. The van der Waals surface area contributed by atoms with E-state index < -0.39 is 0 Å². The van der Waals surface area contributed by atoms with Crippen molar-refractivity contribution >= 4 is 51.5 Å². The maximum Gasteiger partial charge on any atom is 0.186 e.